The van der Waals surface area contributed by atoms with E-state index in [0.29, 0.717) is 28.4 Å². The van der Waals surface area contributed by atoms with Crippen molar-refractivity contribution in [2.24, 2.45) is 0 Å². The molecule has 1 saturated heterocycles. The second-order valence-corrected chi connectivity index (χ2v) is 7.06. The molecule has 0 radical (unpaired) electrons. The van der Waals surface area contributed by atoms with Gasteiger partial charge in [0.25, 0.3) is 0 Å². The SMILES string of the molecule is Fc1ccc(-n2c(-c3cnc(NC4CCOCC4)nc3)nc3ccncc32)c(F)c1. The second-order valence-electron chi connectivity index (χ2n) is 7.06. The van der Waals surface area contributed by atoms with Crippen LogP contribution in [-0.2, 0) is 4.74 Å². The highest BCUT2D eigenvalue weighted by Crippen LogP contribution is 2.29. The third kappa shape index (κ3) is 3.48. The Kier molecular flexibility index (Phi) is 4.80. The van der Waals surface area contributed by atoms with Gasteiger partial charge in [-0.15, -0.1) is 0 Å². The summed E-state index contributed by atoms with van der Waals surface area (Å²) in [5, 5.41) is 3.31. The number of pyridine rings is 1. The summed E-state index contributed by atoms with van der Waals surface area (Å²) in [6, 6.07) is 5.44. The lowest BCUT2D eigenvalue weighted by Gasteiger charge is -2.22. The lowest BCUT2D eigenvalue weighted by molar-refractivity contribution is 0.0903. The minimum Gasteiger partial charge on any atom is -0.381 e. The van der Waals surface area contributed by atoms with Gasteiger partial charge < -0.3 is 10.1 Å². The van der Waals surface area contributed by atoms with E-state index in [1.54, 1.807) is 35.4 Å². The van der Waals surface area contributed by atoms with Crippen LogP contribution in [0, 0.1) is 11.6 Å². The summed E-state index contributed by atoms with van der Waals surface area (Å²) in [6.07, 6.45) is 8.29. The molecule has 5 rings (SSSR count). The van der Waals surface area contributed by atoms with Crippen molar-refractivity contribution in [1.29, 1.82) is 0 Å². The van der Waals surface area contributed by atoms with Crippen LogP contribution in [0.3, 0.4) is 0 Å². The van der Waals surface area contributed by atoms with Crippen molar-refractivity contribution in [2.75, 3.05) is 18.5 Å². The quantitative estimate of drug-likeness (QED) is 0.554. The van der Waals surface area contributed by atoms with Gasteiger partial charge >= 0.3 is 0 Å². The summed E-state index contributed by atoms with van der Waals surface area (Å²) < 4.78 is 35.0. The molecular weight excluding hydrogens is 390 g/mol. The van der Waals surface area contributed by atoms with Crippen molar-refractivity contribution in [3.63, 3.8) is 0 Å². The standard InChI is InChI=1S/C21H18F2N6O/c22-14-1-2-18(16(23)9-14)29-19-12-24-6-3-17(19)28-20(29)13-10-25-21(26-11-13)27-15-4-7-30-8-5-15/h1-3,6,9-12,15H,4-5,7-8H2,(H,25,26,27). The Labute approximate surface area is 170 Å². The van der Waals surface area contributed by atoms with E-state index in [-0.39, 0.29) is 11.7 Å². The van der Waals surface area contributed by atoms with Crippen LogP contribution in [0.15, 0.2) is 49.1 Å². The summed E-state index contributed by atoms with van der Waals surface area (Å²) in [5.74, 6) is -0.380. The van der Waals surface area contributed by atoms with Crippen molar-refractivity contribution < 1.29 is 13.5 Å². The number of halogens is 2. The van der Waals surface area contributed by atoms with Gasteiger partial charge in [0.15, 0.2) is 0 Å². The van der Waals surface area contributed by atoms with Gasteiger partial charge in [-0.2, -0.15) is 0 Å². The van der Waals surface area contributed by atoms with E-state index in [1.165, 1.54) is 12.1 Å². The Hall–Kier alpha value is -3.46. The Bertz CT molecular complexity index is 1190. The van der Waals surface area contributed by atoms with Gasteiger partial charge in [0.1, 0.15) is 17.5 Å². The molecule has 3 aromatic heterocycles. The van der Waals surface area contributed by atoms with Crippen molar-refractivity contribution in [3.8, 4) is 17.1 Å². The number of anilines is 1. The number of hydrogen-bond donors (Lipinski definition) is 1. The molecule has 0 amide bonds. The third-order valence-corrected chi connectivity index (χ3v) is 5.07. The molecule has 1 aliphatic rings. The molecule has 1 N–H and O–H groups in total. The van der Waals surface area contributed by atoms with Crippen LogP contribution in [0.25, 0.3) is 28.1 Å². The van der Waals surface area contributed by atoms with Crippen LogP contribution in [-0.4, -0.2) is 43.8 Å². The van der Waals surface area contributed by atoms with Crippen LogP contribution < -0.4 is 5.32 Å². The molecule has 1 aliphatic heterocycles. The zero-order valence-corrected chi connectivity index (χ0v) is 15.9. The average molecular weight is 408 g/mol. The van der Waals surface area contributed by atoms with Gasteiger partial charge in [0, 0.05) is 43.9 Å². The van der Waals surface area contributed by atoms with Crippen LogP contribution in [0.1, 0.15) is 12.8 Å². The fourth-order valence-electron chi connectivity index (χ4n) is 3.57. The average Bonchev–Trinajstić information content (AvgIpc) is 3.14. The molecule has 1 fully saturated rings. The zero-order chi connectivity index (χ0) is 20.5. The van der Waals surface area contributed by atoms with Gasteiger partial charge in [0.2, 0.25) is 5.95 Å². The predicted octanol–water partition coefficient (Wildman–Crippen LogP) is 3.75. The van der Waals surface area contributed by atoms with Gasteiger partial charge in [-0.1, -0.05) is 0 Å². The summed E-state index contributed by atoms with van der Waals surface area (Å²) in [5.41, 5.74) is 2.01. The highest BCUT2D eigenvalue weighted by Gasteiger charge is 2.19. The molecule has 0 unspecified atom stereocenters. The van der Waals surface area contributed by atoms with Crippen LogP contribution in [0.5, 0.6) is 0 Å². The molecule has 0 bridgehead atoms. The molecule has 1 aromatic carbocycles. The van der Waals surface area contributed by atoms with E-state index in [1.807, 2.05) is 0 Å². The number of ether oxygens (including phenoxy) is 1. The Morgan fingerprint density at radius 2 is 1.83 bits per heavy atom. The maximum absolute atomic E-state index is 14.6. The Morgan fingerprint density at radius 1 is 1.03 bits per heavy atom. The first-order valence-corrected chi connectivity index (χ1v) is 9.63. The van der Waals surface area contributed by atoms with Crippen molar-refractivity contribution in [1.82, 2.24) is 24.5 Å². The number of nitrogens with one attached hydrogen (secondary N) is 1. The number of imidazole rings is 1. The number of aromatic nitrogens is 5. The molecule has 7 nitrogen and oxygen atoms in total. The lowest BCUT2D eigenvalue weighted by Crippen LogP contribution is -2.28. The largest absolute Gasteiger partial charge is 0.381 e. The number of fused-ring (bicyclic) bond motifs is 1. The molecular formula is C21H18F2N6O. The minimum absolute atomic E-state index is 0.173. The van der Waals surface area contributed by atoms with Gasteiger partial charge in [-0.3, -0.25) is 9.55 Å². The summed E-state index contributed by atoms with van der Waals surface area (Å²) >= 11 is 0. The monoisotopic (exact) mass is 408 g/mol. The van der Waals surface area contributed by atoms with Crippen LogP contribution >= 0.6 is 0 Å². The molecule has 30 heavy (non-hydrogen) atoms. The summed E-state index contributed by atoms with van der Waals surface area (Å²) in [6.45, 7) is 1.44. The molecule has 152 valence electrons. The maximum Gasteiger partial charge on any atom is 0.222 e. The van der Waals surface area contributed by atoms with Crippen LogP contribution in [0.2, 0.25) is 0 Å². The van der Waals surface area contributed by atoms with E-state index >= 15 is 0 Å². The van der Waals surface area contributed by atoms with E-state index in [0.717, 1.165) is 32.1 Å². The lowest BCUT2D eigenvalue weighted by atomic mass is 10.1. The van der Waals surface area contributed by atoms with Gasteiger partial charge in [-0.05, 0) is 31.0 Å². The summed E-state index contributed by atoms with van der Waals surface area (Å²) in [4.78, 5) is 17.5. The molecule has 4 heterocycles. The topological polar surface area (TPSA) is 77.8 Å². The van der Waals surface area contributed by atoms with Crippen molar-refractivity contribution in [3.05, 3.63) is 60.7 Å². The van der Waals surface area contributed by atoms with Crippen molar-refractivity contribution in [2.45, 2.75) is 18.9 Å². The van der Waals surface area contributed by atoms with E-state index < -0.39 is 11.6 Å². The van der Waals surface area contributed by atoms with Gasteiger partial charge in [0.05, 0.1) is 28.5 Å². The molecule has 0 spiro atoms. The van der Waals surface area contributed by atoms with Crippen LogP contribution in [0.4, 0.5) is 14.7 Å². The minimum atomic E-state index is -0.696. The number of benzene rings is 1. The first-order valence-electron chi connectivity index (χ1n) is 9.63. The molecule has 0 atom stereocenters. The highest BCUT2D eigenvalue weighted by atomic mass is 19.1. The number of nitrogens with zero attached hydrogens (tertiary/aromatic N) is 5. The molecule has 0 saturated carbocycles. The third-order valence-electron chi connectivity index (χ3n) is 5.07. The Morgan fingerprint density at radius 3 is 2.60 bits per heavy atom. The maximum atomic E-state index is 14.6. The smallest absolute Gasteiger partial charge is 0.222 e. The Balaban J connectivity index is 1.55. The normalized spacial score (nSPS) is 14.9. The van der Waals surface area contributed by atoms with E-state index in [2.05, 4.69) is 25.3 Å². The second kappa shape index (κ2) is 7.75. The summed E-state index contributed by atoms with van der Waals surface area (Å²) in [7, 11) is 0. The van der Waals surface area contributed by atoms with Crippen molar-refractivity contribution >= 4 is 17.0 Å². The molecule has 4 aromatic rings. The fourth-order valence-corrected chi connectivity index (χ4v) is 3.57. The van der Waals surface area contributed by atoms with E-state index in [4.69, 9.17) is 4.74 Å². The van der Waals surface area contributed by atoms with E-state index in [9.17, 15) is 8.78 Å². The fraction of sp³-hybridized carbons (Fsp3) is 0.238. The zero-order valence-electron chi connectivity index (χ0n) is 15.9. The number of rotatable bonds is 4. The first-order chi connectivity index (χ1) is 14.7. The molecule has 9 heteroatoms. The predicted molar refractivity (Wildman–Crippen MR) is 107 cm³/mol. The first kappa shape index (κ1) is 18.6. The number of hydrogen-bond acceptors (Lipinski definition) is 6. The molecule has 0 aliphatic carbocycles. The highest BCUT2D eigenvalue weighted by molar-refractivity contribution is 5.82. The van der Waals surface area contributed by atoms with Gasteiger partial charge in [-0.25, -0.2) is 23.7 Å².